The van der Waals surface area contributed by atoms with Crippen molar-refractivity contribution >= 4 is 11.8 Å². The number of nitrogens with zero attached hydrogens (tertiary/aromatic N) is 1. The van der Waals surface area contributed by atoms with Gasteiger partial charge in [0, 0.05) is 23.4 Å². The minimum atomic E-state index is 0.291. The Morgan fingerprint density at radius 1 is 1.40 bits per heavy atom. The number of hydrogen-bond donors (Lipinski definition) is 1. The SMILES string of the molecule is CC1SCCC1(CN)N(C)C1CCCC1. The van der Waals surface area contributed by atoms with E-state index in [2.05, 4.69) is 30.6 Å². The number of thioether (sulfide) groups is 1. The van der Waals surface area contributed by atoms with Crippen LogP contribution in [0.25, 0.3) is 0 Å². The van der Waals surface area contributed by atoms with Gasteiger partial charge in [-0.05, 0) is 32.1 Å². The molecule has 2 nitrogen and oxygen atoms in total. The monoisotopic (exact) mass is 228 g/mol. The zero-order valence-electron chi connectivity index (χ0n) is 10.0. The van der Waals surface area contributed by atoms with E-state index >= 15 is 0 Å². The van der Waals surface area contributed by atoms with Crippen molar-refractivity contribution in [2.45, 2.75) is 55.9 Å². The van der Waals surface area contributed by atoms with E-state index in [1.807, 2.05) is 0 Å². The first-order valence-electron chi connectivity index (χ1n) is 6.25. The maximum absolute atomic E-state index is 6.07. The van der Waals surface area contributed by atoms with E-state index in [1.54, 1.807) is 0 Å². The Morgan fingerprint density at radius 3 is 2.53 bits per heavy atom. The van der Waals surface area contributed by atoms with Crippen LogP contribution in [0, 0.1) is 0 Å². The molecule has 2 aliphatic rings. The molecule has 1 saturated heterocycles. The molecule has 1 heterocycles. The molecule has 0 radical (unpaired) electrons. The van der Waals surface area contributed by atoms with Gasteiger partial charge in [0.25, 0.3) is 0 Å². The van der Waals surface area contributed by atoms with Gasteiger partial charge in [0.15, 0.2) is 0 Å². The van der Waals surface area contributed by atoms with Gasteiger partial charge >= 0.3 is 0 Å². The van der Waals surface area contributed by atoms with Crippen molar-refractivity contribution in [3.05, 3.63) is 0 Å². The van der Waals surface area contributed by atoms with Crippen molar-refractivity contribution in [3.8, 4) is 0 Å². The second-order valence-corrected chi connectivity index (χ2v) is 6.57. The first-order chi connectivity index (χ1) is 7.20. The lowest BCUT2D eigenvalue weighted by atomic mass is 9.89. The summed E-state index contributed by atoms with van der Waals surface area (Å²) in [6.45, 7) is 3.18. The van der Waals surface area contributed by atoms with Crippen molar-refractivity contribution in [3.63, 3.8) is 0 Å². The molecule has 1 aliphatic carbocycles. The molecule has 0 aromatic rings. The van der Waals surface area contributed by atoms with Crippen molar-refractivity contribution in [1.82, 2.24) is 4.90 Å². The summed E-state index contributed by atoms with van der Waals surface area (Å²) in [5.41, 5.74) is 6.36. The van der Waals surface area contributed by atoms with Crippen molar-refractivity contribution in [1.29, 1.82) is 0 Å². The fourth-order valence-electron chi connectivity index (χ4n) is 3.30. The third kappa shape index (κ3) is 1.94. The average molecular weight is 228 g/mol. The normalized spacial score (nSPS) is 38.0. The fourth-order valence-corrected chi connectivity index (χ4v) is 4.82. The van der Waals surface area contributed by atoms with Crippen LogP contribution in [0.2, 0.25) is 0 Å². The molecule has 0 amide bonds. The van der Waals surface area contributed by atoms with Crippen LogP contribution >= 0.6 is 11.8 Å². The molecule has 2 N–H and O–H groups in total. The first-order valence-corrected chi connectivity index (χ1v) is 7.30. The van der Waals surface area contributed by atoms with Crippen LogP contribution in [-0.4, -0.2) is 41.1 Å². The van der Waals surface area contributed by atoms with Crippen LogP contribution in [-0.2, 0) is 0 Å². The van der Waals surface area contributed by atoms with Gasteiger partial charge in [-0.2, -0.15) is 11.8 Å². The van der Waals surface area contributed by atoms with Gasteiger partial charge < -0.3 is 5.73 Å². The highest BCUT2D eigenvalue weighted by atomic mass is 32.2. The Morgan fingerprint density at radius 2 is 2.07 bits per heavy atom. The zero-order chi connectivity index (χ0) is 10.9. The molecular weight excluding hydrogens is 204 g/mol. The van der Waals surface area contributed by atoms with E-state index in [9.17, 15) is 0 Å². The van der Waals surface area contributed by atoms with Gasteiger partial charge in [0.05, 0.1) is 0 Å². The molecule has 1 aliphatic heterocycles. The van der Waals surface area contributed by atoms with E-state index < -0.39 is 0 Å². The van der Waals surface area contributed by atoms with Gasteiger partial charge in [-0.25, -0.2) is 0 Å². The Hall–Kier alpha value is 0.270. The number of nitrogens with two attached hydrogens (primary N) is 1. The molecular formula is C12H24N2S. The fraction of sp³-hybridized carbons (Fsp3) is 1.00. The van der Waals surface area contributed by atoms with Crippen LogP contribution in [0.5, 0.6) is 0 Å². The van der Waals surface area contributed by atoms with Gasteiger partial charge in [0.2, 0.25) is 0 Å². The van der Waals surface area contributed by atoms with Gasteiger partial charge in [0.1, 0.15) is 0 Å². The van der Waals surface area contributed by atoms with Crippen molar-refractivity contribution in [2.24, 2.45) is 5.73 Å². The smallest absolute Gasteiger partial charge is 0.0455 e. The third-order valence-corrected chi connectivity index (χ3v) is 5.97. The molecule has 15 heavy (non-hydrogen) atoms. The third-order valence-electron chi connectivity index (χ3n) is 4.59. The summed E-state index contributed by atoms with van der Waals surface area (Å²) >= 11 is 2.09. The standard InChI is InChI=1S/C12H24N2S/c1-10-12(9-13,7-8-15-10)14(2)11-5-3-4-6-11/h10-11H,3-9,13H2,1-2H3. The molecule has 0 aromatic carbocycles. The van der Waals surface area contributed by atoms with E-state index in [1.165, 1.54) is 37.9 Å². The van der Waals surface area contributed by atoms with Gasteiger partial charge in [-0.1, -0.05) is 19.8 Å². The predicted molar refractivity (Wildman–Crippen MR) is 68.3 cm³/mol. The lowest BCUT2D eigenvalue weighted by molar-refractivity contribution is 0.0826. The van der Waals surface area contributed by atoms with E-state index in [4.69, 9.17) is 5.73 Å². The lowest BCUT2D eigenvalue weighted by Gasteiger charge is -2.44. The number of rotatable bonds is 3. The molecule has 2 rings (SSSR count). The van der Waals surface area contributed by atoms with Crippen molar-refractivity contribution < 1.29 is 0 Å². The largest absolute Gasteiger partial charge is 0.329 e. The van der Waals surface area contributed by atoms with Gasteiger partial charge in [-0.15, -0.1) is 0 Å². The summed E-state index contributed by atoms with van der Waals surface area (Å²) in [5, 5.41) is 0.702. The molecule has 88 valence electrons. The molecule has 2 unspecified atom stereocenters. The van der Waals surface area contributed by atoms with Crippen LogP contribution in [0.3, 0.4) is 0 Å². The second kappa shape index (κ2) is 4.64. The molecule has 3 heteroatoms. The highest BCUT2D eigenvalue weighted by molar-refractivity contribution is 8.00. The van der Waals surface area contributed by atoms with Crippen LogP contribution in [0.1, 0.15) is 39.0 Å². The molecule has 0 bridgehead atoms. The van der Waals surface area contributed by atoms with Crippen LogP contribution in [0.15, 0.2) is 0 Å². The minimum Gasteiger partial charge on any atom is -0.329 e. The highest BCUT2D eigenvalue weighted by Gasteiger charge is 2.45. The van der Waals surface area contributed by atoms with E-state index in [0.717, 1.165) is 12.6 Å². The molecule has 1 saturated carbocycles. The maximum Gasteiger partial charge on any atom is 0.0455 e. The Bertz CT molecular complexity index is 216. The summed E-state index contributed by atoms with van der Waals surface area (Å²) in [5.74, 6) is 1.29. The summed E-state index contributed by atoms with van der Waals surface area (Å²) in [4.78, 5) is 2.63. The molecule has 2 fully saturated rings. The summed E-state index contributed by atoms with van der Waals surface area (Å²) < 4.78 is 0. The summed E-state index contributed by atoms with van der Waals surface area (Å²) in [6.07, 6.45) is 6.88. The molecule has 2 atom stereocenters. The van der Waals surface area contributed by atoms with E-state index in [-0.39, 0.29) is 0 Å². The highest BCUT2D eigenvalue weighted by Crippen LogP contribution is 2.41. The molecule has 0 spiro atoms. The quantitative estimate of drug-likeness (QED) is 0.802. The van der Waals surface area contributed by atoms with Crippen LogP contribution < -0.4 is 5.73 Å². The maximum atomic E-state index is 6.07. The minimum absolute atomic E-state index is 0.291. The molecule has 0 aromatic heterocycles. The zero-order valence-corrected chi connectivity index (χ0v) is 10.9. The summed E-state index contributed by atoms with van der Waals surface area (Å²) in [6, 6.07) is 0.801. The van der Waals surface area contributed by atoms with Crippen molar-refractivity contribution in [2.75, 3.05) is 19.3 Å². The van der Waals surface area contributed by atoms with Crippen LogP contribution in [0.4, 0.5) is 0 Å². The Balaban J connectivity index is 2.10. The number of hydrogen-bond acceptors (Lipinski definition) is 3. The Kier molecular flexibility index (Phi) is 3.63. The summed E-state index contributed by atoms with van der Waals surface area (Å²) in [7, 11) is 2.31. The topological polar surface area (TPSA) is 29.3 Å². The predicted octanol–water partition coefficient (Wildman–Crippen LogP) is 2.08. The average Bonchev–Trinajstić information content (AvgIpc) is 2.86. The Labute approximate surface area is 98.0 Å². The first kappa shape index (κ1) is 11.7. The second-order valence-electron chi connectivity index (χ2n) is 5.12. The lowest BCUT2D eigenvalue weighted by Crippen LogP contribution is -2.58. The number of likely N-dealkylation sites (N-methyl/N-ethyl adjacent to an activating group) is 1. The van der Waals surface area contributed by atoms with E-state index in [0.29, 0.717) is 10.8 Å². The van der Waals surface area contributed by atoms with Gasteiger partial charge in [-0.3, -0.25) is 4.90 Å².